The fourth-order valence-corrected chi connectivity index (χ4v) is 6.10. The highest BCUT2D eigenvalue weighted by atomic mass is 16.3. The summed E-state index contributed by atoms with van der Waals surface area (Å²) >= 11 is 0. The molecule has 0 bridgehead atoms. The number of rotatable bonds is 5. The van der Waals surface area contributed by atoms with E-state index in [1.165, 1.54) is 10.8 Å². The smallest absolute Gasteiger partial charge is 0.154 e. The Labute approximate surface area is 248 Å². The van der Waals surface area contributed by atoms with Gasteiger partial charge in [-0.05, 0) is 71.9 Å². The van der Waals surface area contributed by atoms with Crippen molar-refractivity contribution in [2.75, 3.05) is 0 Å². The molecule has 0 N–H and O–H groups in total. The zero-order chi connectivity index (χ0) is 28.8. The highest BCUT2D eigenvalue weighted by Crippen LogP contribution is 2.37. The van der Waals surface area contributed by atoms with E-state index in [2.05, 4.69) is 119 Å². The van der Waals surface area contributed by atoms with Gasteiger partial charge >= 0.3 is 0 Å². The molecule has 0 aliphatic rings. The van der Waals surface area contributed by atoms with Gasteiger partial charge in [-0.2, -0.15) is 0 Å². The normalized spacial score (nSPS) is 12.0. The van der Waals surface area contributed by atoms with Crippen molar-refractivity contribution in [3.05, 3.63) is 151 Å². The van der Waals surface area contributed by atoms with Crippen LogP contribution in [-0.4, -0.2) is 17.1 Å². The molecule has 0 spiro atoms. The van der Waals surface area contributed by atoms with E-state index >= 15 is 0 Å². The molecule has 2 aromatic heterocycles. The molecule has 0 fully saturated rings. The Bertz CT molecular complexity index is 2340. The van der Waals surface area contributed by atoms with E-state index in [1.54, 1.807) is 0 Å². The summed E-state index contributed by atoms with van der Waals surface area (Å²) in [6.07, 6.45) is 0. The molecule has 4 nitrogen and oxygen atoms in total. The quantitative estimate of drug-likeness (QED) is 0.154. The molecule has 0 unspecified atom stereocenters. The number of aromatic nitrogens is 1. The average Bonchev–Trinajstić information content (AvgIpc) is 3.60. The molecule has 6 aromatic carbocycles. The molecule has 4 heteroatoms. The van der Waals surface area contributed by atoms with Crippen LogP contribution in [0.25, 0.3) is 60.6 Å². The van der Waals surface area contributed by atoms with Crippen LogP contribution in [0.2, 0.25) is 0 Å². The number of furan rings is 1. The van der Waals surface area contributed by atoms with Crippen LogP contribution in [-0.2, 0) is 6.54 Å². The van der Waals surface area contributed by atoms with E-state index in [9.17, 15) is 0 Å². The molecule has 0 aliphatic carbocycles. The second-order valence-corrected chi connectivity index (χ2v) is 10.7. The maximum absolute atomic E-state index is 6.19. The van der Waals surface area contributed by atoms with Crippen molar-refractivity contribution < 1.29 is 4.42 Å². The van der Waals surface area contributed by atoms with Gasteiger partial charge in [0.1, 0.15) is 11.2 Å². The number of nitrogens with zero attached hydrogens (tertiary/aromatic N) is 3. The van der Waals surface area contributed by atoms with Crippen molar-refractivity contribution in [1.82, 2.24) is 4.57 Å². The Morgan fingerprint density at radius 1 is 0.581 bits per heavy atom. The third kappa shape index (κ3) is 4.32. The zero-order valence-corrected chi connectivity index (χ0v) is 23.4. The zero-order valence-electron chi connectivity index (χ0n) is 23.4. The van der Waals surface area contributed by atoms with Gasteiger partial charge in [-0.15, -0.1) is 0 Å². The highest BCUT2D eigenvalue weighted by molar-refractivity contribution is 6.11. The molecule has 8 rings (SSSR count). The number of benzene rings is 6. The first-order valence-electron chi connectivity index (χ1n) is 14.4. The Morgan fingerprint density at radius 2 is 1.30 bits per heavy atom. The summed E-state index contributed by atoms with van der Waals surface area (Å²) in [5.41, 5.74) is 9.50. The van der Waals surface area contributed by atoms with E-state index in [1.807, 2.05) is 36.4 Å². The minimum absolute atomic E-state index is 0.553. The topological polar surface area (TPSA) is 42.8 Å². The second-order valence-electron chi connectivity index (χ2n) is 10.7. The summed E-state index contributed by atoms with van der Waals surface area (Å²) < 4.78 is 8.51. The molecule has 0 saturated carbocycles. The molecule has 43 heavy (non-hydrogen) atoms. The van der Waals surface area contributed by atoms with Gasteiger partial charge < -0.3 is 8.98 Å². The van der Waals surface area contributed by atoms with Gasteiger partial charge in [-0.3, -0.25) is 4.99 Å². The Hall–Kier alpha value is -5.74. The Balaban J connectivity index is 1.23. The van der Waals surface area contributed by atoms with Crippen LogP contribution in [0.3, 0.4) is 0 Å². The van der Waals surface area contributed by atoms with E-state index < -0.39 is 0 Å². The van der Waals surface area contributed by atoms with Gasteiger partial charge in [0.25, 0.3) is 0 Å². The summed E-state index contributed by atoms with van der Waals surface area (Å²) in [5.74, 6) is 0.634. The SMILES string of the molecule is C=N/C(=N\Cc1ccccc1)c1cccc(-n2c3ccccc3c3cc(-c4ccc5c(c4)oc4ccccc45)ccc32)c1. The van der Waals surface area contributed by atoms with Gasteiger partial charge in [0.2, 0.25) is 0 Å². The second kappa shape index (κ2) is 10.3. The van der Waals surface area contributed by atoms with E-state index in [0.29, 0.717) is 12.4 Å². The van der Waals surface area contributed by atoms with Crippen molar-refractivity contribution in [2.24, 2.45) is 9.98 Å². The lowest BCUT2D eigenvalue weighted by Gasteiger charge is -2.10. The number of fused-ring (bicyclic) bond motifs is 6. The molecule has 8 aromatic rings. The lowest BCUT2D eigenvalue weighted by molar-refractivity contribution is 0.669. The Kier molecular flexibility index (Phi) is 5.97. The van der Waals surface area contributed by atoms with Crippen LogP contribution in [0.15, 0.2) is 154 Å². The molecular weight excluding hydrogens is 526 g/mol. The van der Waals surface area contributed by atoms with E-state index in [-0.39, 0.29) is 0 Å². The van der Waals surface area contributed by atoms with Crippen molar-refractivity contribution in [3.63, 3.8) is 0 Å². The first-order valence-corrected chi connectivity index (χ1v) is 14.4. The third-order valence-corrected chi connectivity index (χ3v) is 8.15. The summed E-state index contributed by atoms with van der Waals surface area (Å²) in [6, 6.07) is 48.6. The molecule has 2 heterocycles. The number of hydrogen-bond acceptors (Lipinski definition) is 2. The third-order valence-electron chi connectivity index (χ3n) is 8.15. The van der Waals surface area contributed by atoms with Gasteiger partial charge in [0.05, 0.1) is 17.6 Å². The van der Waals surface area contributed by atoms with E-state index in [0.717, 1.165) is 60.9 Å². The molecule has 0 saturated heterocycles. The van der Waals surface area contributed by atoms with Gasteiger partial charge in [0.15, 0.2) is 5.84 Å². The van der Waals surface area contributed by atoms with Crippen molar-refractivity contribution >= 4 is 56.3 Å². The van der Waals surface area contributed by atoms with Crippen LogP contribution < -0.4 is 0 Å². The minimum Gasteiger partial charge on any atom is -0.456 e. The lowest BCUT2D eigenvalue weighted by Crippen LogP contribution is -2.01. The molecule has 204 valence electrons. The summed E-state index contributed by atoms with van der Waals surface area (Å²) in [6.45, 7) is 4.37. The van der Waals surface area contributed by atoms with Gasteiger partial charge in [-0.25, -0.2) is 4.99 Å². The predicted molar refractivity (Wildman–Crippen MR) is 180 cm³/mol. The molecule has 0 aliphatic heterocycles. The predicted octanol–water partition coefficient (Wildman–Crippen LogP) is 10.00. The fraction of sp³-hybridized carbons (Fsp3) is 0.0256. The molecule has 0 amide bonds. The van der Waals surface area contributed by atoms with Gasteiger partial charge in [-0.1, -0.05) is 91.0 Å². The van der Waals surface area contributed by atoms with Crippen LogP contribution in [0.5, 0.6) is 0 Å². The maximum Gasteiger partial charge on any atom is 0.154 e. The van der Waals surface area contributed by atoms with E-state index in [4.69, 9.17) is 9.41 Å². The lowest BCUT2D eigenvalue weighted by atomic mass is 10.0. The van der Waals surface area contributed by atoms with Crippen molar-refractivity contribution in [2.45, 2.75) is 6.54 Å². The number of aliphatic imine (C=N–C) groups is 2. The van der Waals surface area contributed by atoms with Crippen LogP contribution in [0.1, 0.15) is 11.1 Å². The standard InChI is InChI=1S/C39H27N3O/c1-40-39(41-25-26-10-3-2-4-11-26)29-12-9-13-30(22-29)42-35-16-7-5-14-31(35)34-23-27(19-21-36(34)42)28-18-20-33-32-15-6-8-17-37(32)43-38(33)24-28/h2-24H,1,25H2/b41-39-. The molecular formula is C39H27N3O. The first kappa shape index (κ1) is 25.0. The number of amidine groups is 1. The largest absolute Gasteiger partial charge is 0.456 e. The highest BCUT2D eigenvalue weighted by Gasteiger charge is 2.15. The molecule has 0 atom stereocenters. The maximum atomic E-state index is 6.19. The monoisotopic (exact) mass is 553 g/mol. The van der Waals surface area contributed by atoms with Crippen LogP contribution in [0, 0.1) is 0 Å². The summed E-state index contributed by atoms with van der Waals surface area (Å²) in [5, 5.41) is 4.68. The minimum atomic E-state index is 0.553. The average molecular weight is 554 g/mol. The van der Waals surface area contributed by atoms with Crippen molar-refractivity contribution in [1.29, 1.82) is 0 Å². The number of para-hydroxylation sites is 2. The Morgan fingerprint density at radius 3 is 2.19 bits per heavy atom. The van der Waals surface area contributed by atoms with Crippen LogP contribution in [0.4, 0.5) is 0 Å². The summed E-state index contributed by atoms with van der Waals surface area (Å²) in [4.78, 5) is 9.06. The van der Waals surface area contributed by atoms with Crippen LogP contribution >= 0.6 is 0 Å². The number of hydrogen-bond donors (Lipinski definition) is 0. The molecule has 0 radical (unpaired) electrons. The first-order chi connectivity index (χ1) is 21.3. The van der Waals surface area contributed by atoms with Crippen molar-refractivity contribution in [3.8, 4) is 16.8 Å². The van der Waals surface area contributed by atoms with Gasteiger partial charge in [0, 0.05) is 32.8 Å². The summed E-state index contributed by atoms with van der Waals surface area (Å²) in [7, 11) is 0. The fourth-order valence-electron chi connectivity index (χ4n) is 6.10.